The Bertz CT molecular complexity index is 1200. The Morgan fingerprint density at radius 3 is 2.78 bits per heavy atom. The van der Waals surface area contributed by atoms with Crippen molar-refractivity contribution >= 4 is 16.9 Å². The predicted molar refractivity (Wildman–Crippen MR) is 119 cm³/mol. The lowest BCUT2D eigenvalue weighted by Crippen LogP contribution is -2.44. The molecule has 1 amide bonds. The summed E-state index contributed by atoms with van der Waals surface area (Å²) in [7, 11) is 1.74. The zero-order valence-electron chi connectivity index (χ0n) is 18.6. The Balaban J connectivity index is 1.52. The molecule has 9 heteroatoms. The molecule has 0 radical (unpaired) electrons. The Kier molecular flexibility index (Phi) is 6.38. The number of carbonyl (C=O) groups is 1. The van der Waals surface area contributed by atoms with Crippen LogP contribution in [0.2, 0.25) is 0 Å². The molecule has 0 spiro atoms. The number of aromatic nitrogens is 3. The van der Waals surface area contributed by atoms with E-state index in [1.165, 1.54) is 12.1 Å². The number of fused-ring (bicyclic) bond motifs is 1. The second-order valence-corrected chi connectivity index (χ2v) is 8.20. The number of nitrogens with zero attached hydrogens (tertiary/aromatic N) is 3. The molecule has 1 atom stereocenters. The van der Waals surface area contributed by atoms with E-state index in [0.29, 0.717) is 43.9 Å². The van der Waals surface area contributed by atoms with Crippen LogP contribution in [-0.4, -0.2) is 58.4 Å². The summed E-state index contributed by atoms with van der Waals surface area (Å²) in [5.41, 5.74) is 3.41. The first-order valence-electron chi connectivity index (χ1n) is 10.7. The number of morpholine rings is 1. The zero-order valence-corrected chi connectivity index (χ0v) is 18.6. The molecule has 1 aliphatic heterocycles. The number of carbonyl (C=O) groups excluding carboxylic acids is 1. The molecule has 2 aromatic heterocycles. The number of halogens is 1. The number of aryl methyl sites for hydroxylation is 3. The van der Waals surface area contributed by atoms with E-state index in [9.17, 15) is 14.0 Å². The smallest absolute Gasteiger partial charge is 0.273 e. The summed E-state index contributed by atoms with van der Waals surface area (Å²) in [6.45, 7) is 6.68. The van der Waals surface area contributed by atoms with Crippen molar-refractivity contribution in [1.29, 1.82) is 0 Å². The van der Waals surface area contributed by atoms with E-state index < -0.39 is 0 Å². The number of H-pyrrole nitrogens is 1. The van der Waals surface area contributed by atoms with Gasteiger partial charge < -0.3 is 10.1 Å². The van der Waals surface area contributed by atoms with Crippen LogP contribution in [0.25, 0.3) is 11.0 Å². The zero-order chi connectivity index (χ0) is 22.8. The van der Waals surface area contributed by atoms with Gasteiger partial charge in [0, 0.05) is 32.4 Å². The van der Waals surface area contributed by atoms with Crippen molar-refractivity contribution in [3.05, 3.63) is 62.8 Å². The third kappa shape index (κ3) is 4.44. The van der Waals surface area contributed by atoms with Crippen LogP contribution in [0.5, 0.6) is 0 Å². The molecule has 1 aromatic carbocycles. The summed E-state index contributed by atoms with van der Waals surface area (Å²) in [6.07, 6.45) is 0.119. The number of pyridine rings is 1. The van der Waals surface area contributed by atoms with Crippen molar-refractivity contribution in [2.75, 3.05) is 32.8 Å². The first-order valence-corrected chi connectivity index (χ1v) is 10.7. The number of benzene rings is 1. The monoisotopic (exact) mass is 441 g/mol. The maximum absolute atomic E-state index is 13.9. The average Bonchev–Trinajstić information content (AvgIpc) is 3.05. The van der Waals surface area contributed by atoms with Crippen molar-refractivity contribution in [2.45, 2.75) is 26.3 Å². The number of hydrogen-bond acceptors (Lipinski definition) is 5. The van der Waals surface area contributed by atoms with Gasteiger partial charge in [0.05, 0.1) is 31.1 Å². The lowest BCUT2D eigenvalue weighted by Gasteiger charge is -2.35. The molecule has 1 saturated heterocycles. The molecule has 3 aromatic rings. The van der Waals surface area contributed by atoms with Gasteiger partial charge in [-0.25, -0.2) is 9.37 Å². The highest BCUT2D eigenvalue weighted by Gasteiger charge is 2.24. The van der Waals surface area contributed by atoms with E-state index in [2.05, 4.69) is 20.3 Å². The molecule has 3 heterocycles. The Morgan fingerprint density at radius 1 is 1.31 bits per heavy atom. The second-order valence-electron chi connectivity index (χ2n) is 8.20. The molecule has 170 valence electrons. The largest absolute Gasteiger partial charge is 0.379 e. The van der Waals surface area contributed by atoms with E-state index in [1.807, 2.05) is 19.9 Å². The minimum atomic E-state index is -0.300. The molecule has 1 fully saturated rings. The van der Waals surface area contributed by atoms with Gasteiger partial charge in [-0.15, -0.1) is 0 Å². The quantitative estimate of drug-likeness (QED) is 0.608. The van der Waals surface area contributed by atoms with Crippen molar-refractivity contribution in [1.82, 2.24) is 25.0 Å². The van der Waals surface area contributed by atoms with Gasteiger partial charge in [0.15, 0.2) is 5.65 Å². The third-order valence-electron chi connectivity index (χ3n) is 6.13. The van der Waals surface area contributed by atoms with Crippen LogP contribution < -0.4 is 10.9 Å². The number of ether oxygens (including phenoxy) is 1. The Hall–Kier alpha value is -3.04. The summed E-state index contributed by atoms with van der Waals surface area (Å²) < 4.78 is 20.9. The topological polar surface area (TPSA) is 92.2 Å². The number of amides is 1. The molecule has 1 unspecified atom stereocenters. The molecule has 0 bridgehead atoms. The summed E-state index contributed by atoms with van der Waals surface area (Å²) in [4.78, 5) is 31.9. The molecule has 2 N–H and O–H groups in total. The standard InChI is InChI=1S/C23H28FN5O3/c1-14-18(15(2)26-22-21(14)23(31)27-28(22)3)12-20(30)25-13-19(29-7-9-32-10-8-29)16-5-4-6-17(24)11-16/h4-6,11,19H,7-10,12-13H2,1-3H3,(H,25,30)(H,27,31). The SMILES string of the molecule is Cc1nc2c(c(C)c1CC(=O)NCC(c1cccc(F)c1)N1CCOCC1)c(=O)[nH]n2C. The number of nitrogens with one attached hydrogen (secondary N) is 2. The summed E-state index contributed by atoms with van der Waals surface area (Å²) in [6, 6.07) is 6.34. The summed E-state index contributed by atoms with van der Waals surface area (Å²) >= 11 is 0. The van der Waals surface area contributed by atoms with Gasteiger partial charge in [0.25, 0.3) is 5.56 Å². The summed E-state index contributed by atoms with van der Waals surface area (Å²) in [5, 5.41) is 6.23. The highest BCUT2D eigenvalue weighted by atomic mass is 19.1. The fraction of sp³-hybridized carbons (Fsp3) is 0.435. The third-order valence-corrected chi connectivity index (χ3v) is 6.13. The molecule has 32 heavy (non-hydrogen) atoms. The maximum atomic E-state index is 13.9. The molecular formula is C23H28FN5O3. The van der Waals surface area contributed by atoms with Crippen molar-refractivity contribution in [2.24, 2.45) is 7.05 Å². The highest BCUT2D eigenvalue weighted by Crippen LogP contribution is 2.23. The van der Waals surface area contributed by atoms with Gasteiger partial charge in [0.2, 0.25) is 5.91 Å². The van der Waals surface area contributed by atoms with Crippen molar-refractivity contribution in [3.63, 3.8) is 0 Å². The molecular weight excluding hydrogens is 413 g/mol. The molecule has 0 saturated carbocycles. The van der Waals surface area contributed by atoms with E-state index in [0.717, 1.165) is 22.4 Å². The minimum absolute atomic E-state index is 0.119. The predicted octanol–water partition coefficient (Wildman–Crippen LogP) is 1.75. The average molecular weight is 442 g/mol. The molecule has 4 rings (SSSR count). The first-order chi connectivity index (χ1) is 15.3. The molecule has 0 aliphatic carbocycles. The maximum Gasteiger partial charge on any atom is 0.273 e. The van der Waals surface area contributed by atoms with E-state index in [1.54, 1.807) is 17.8 Å². The normalized spacial score (nSPS) is 15.8. The Morgan fingerprint density at radius 2 is 2.06 bits per heavy atom. The number of rotatable bonds is 6. The van der Waals surface area contributed by atoms with Gasteiger partial charge in [-0.1, -0.05) is 12.1 Å². The Labute approximate surface area is 185 Å². The van der Waals surface area contributed by atoms with Gasteiger partial charge in [-0.3, -0.25) is 24.3 Å². The fourth-order valence-corrected chi connectivity index (χ4v) is 4.40. The van der Waals surface area contributed by atoms with Crippen LogP contribution in [0.3, 0.4) is 0 Å². The van der Waals surface area contributed by atoms with Crippen LogP contribution in [0.15, 0.2) is 29.1 Å². The fourth-order valence-electron chi connectivity index (χ4n) is 4.40. The van der Waals surface area contributed by atoms with E-state index in [-0.39, 0.29) is 29.7 Å². The van der Waals surface area contributed by atoms with Gasteiger partial charge in [-0.2, -0.15) is 0 Å². The molecule has 1 aliphatic rings. The number of aromatic amines is 1. The van der Waals surface area contributed by atoms with Gasteiger partial charge in [-0.05, 0) is 42.7 Å². The minimum Gasteiger partial charge on any atom is -0.379 e. The van der Waals surface area contributed by atoms with Crippen LogP contribution in [0, 0.1) is 19.7 Å². The number of hydrogen-bond donors (Lipinski definition) is 2. The van der Waals surface area contributed by atoms with Crippen molar-refractivity contribution in [3.8, 4) is 0 Å². The van der Waals surface area contributed by atoms with Crippen LogP contribution in [-0.2, 0) is 23.0 Å². The van der Waals surface area contributed by atoms with Crippen LogP contribution >= 0.6 is 0 Å². The van der Waals surface area contributed by atoms with E-state index in [4.69, 9.17) is 4.74 Å². The summed E-state index contributed by atoms with van der Waals surface area (Å²) in [5.74, 6) is -0.467. The van der Waals surface area contributed by atoms with E-state index >= 15 is 0 Å². The highest BCUT2D eigenvalue weighted by molar-refractivity contribution is 5.84. The molecule has 8 nitrogen and oxygen atoms in total. The van der Waals surface area contributed by atoms with Crippen LogP contribution in [0.1, 0.15) is 28.4 Å². The van der Waals surface area contributed by atoms with Crippen molar-refractivity contribution < 1.29 is 13.9 Å². The second kappa shape index (κ2) is 9.22. The first kappa shape index (κ1) is 22.2. The lowest BCUT2D eigenvalue weighted by atomic mass is 10.0. The van der Waals surface area contributed by atoms with Crippen LogP contribution in [0.4, 0.5) is 4.39 Å². The lowest BCUT2D eigenvalue weighted by molar-refractivity contribution is -0.120. The van der Waals surface area contributed by atoms with Gasteiger partial charge >= 0.3 is 0 Å². The van der Waals surface area contributed by atoms with Gasteiger partial charge in [0.1, 0.15) is 5.82 Å².